The molecule has 0 saturated carbocycles. The van der Waals surface area contributed by atoms with Crippen LogP contribution in [0.1, 0.15) is 0 Å². The molecule has 2 aromatic carbocycles. The molecule has 0 aliphatic rings. The van der Waals surface area contributed by atoms with Crippen LogP contribution in [0.15, 0.2) is 68.9 Å². The Morgan fingerprint density at radius 2 is 2.00 bits per heavy atom. The van der Waals surface area contributed by atoms with E-state index in [2.05, 4.69) is 21.2 Å². The lowest BCUT2D eigenvalue weighted by Gasteiger charge is -2.13. The number of halogens is 1. The third kappa shape index (κ3) is 3.55. The average molecular weight is 403 g/mol. The monoisotopic (exact) mass is 402 g/mol. The summed E-state index contributed by atoms with van der Waals surface area (Å²) in [6.45, 7) is 0.140. The molecular weight excluding hydrogens is 388 g/mol. The Morgan fingerprint density at radius 3 is 2.79 bits per heavy atom. The number of carbonyl (C=O) groups is 1. The van der Waals surface area contributed by atoms with Crippen LogP contribution in [-0.2, 0) is 11.3 Å². The number of thioether (sulfide) groups is 1. The van der Waals surface area contributed by atoms with E-state index in [4.69, 9.17) is 0 Å². The van der Waals surface area contributed by atoms with Crippen molar-refractivity contribution in [3.63, 3.8) is 0 Å². The zero-order valence-electron chi connectivity index (χ0n) is 13.0. The molecule has 0 aliphatic heterocycles. The first-order valence-electron chi connectivity index (χ1n) is 7.30. The molecule has 0 bridgehead atoms. The number of amides is 1. The van der Waals surface area contributed by atoms with Gasteiger partial charge in [-0.3, -0.25) is 9.59 Å². The number of para-hydroxylation sites is 1. The topological polar surface area (TPSA) is 51.1 Å². The number of carbonyl (C=O) groups excluding carboxylic acids is 1. The van der Waals surface area contributed by atoms with Crippen molar-refractivity contribution < 1.29 is 4.79 Å². The summed E-state index contributed by atoms with van der Waals surface area (Å²) < 4.78 is 2.61. The van der Waals surface area contributed by atoms with Gasteiger partial charge in [0, 0.05) is 27.0 Å². The lowest BCUT2D eigenvalue weighted by Crippen LogP contribution is -2.20. The van der Waals surface area contributed by atoms with E-state index < -0.39 is 0 Å². The highest BCUT2D eigenvalue weighted by atomic mass is 79.9. The Labute approximate surface area is 152 Å². The van der Waals surface area contributed by atoms with Gasteiger partial charge in [-0.25, -0.2) is 0 Å². The Bertz CT molecular complexity index is 969. The van der Waals surface area contributed by atoms with Gasteiger partial charge in [-0.2, -0.15) is 0 Å². The second-order valence-electron chi connectivity index (χ2n) is 5.22. The van der Waals surface area contributed by atoms with Gasteiger partial charge >= 0.3 is 0 Å². The summed E-state index contributed by atoms with van der Waals surface area (Å²) in [7, 11) is 0. The fourth-order valence-corrected chi connectivity index (χ4v) is 3.43. The van der Waals surface area contributed by atoms with E-state index in [1.54, 1.807) is 28.6 Å². The van der Waals surface area contributed by atoms with Gasteiger partial charge in [-0.05, 0) is 36.6 Å². The second kappa shape index (κ2) is 7.23. The molecule has 1 aromatic heterocycles. The summed E-state index contributed by atoms with van der Waals surface area (Å²) in [4.78, 5) is 25.4. The normalized spacial score (nSPS) is 10.8. The summed E-state index contributed by atoms with van der Waals surface area (Å²) in [6, 6.07) is 14.6. The number of hydrogen-bond donors (Lipinski definition) is 1. The van der Waals surface area contributed by atoms with Crippen molar-refractivity contribution in [3.8, 4) is 0 Å². The second-order valence-corrected chi connectivity index (χ2v) is 6.98. The van der Waals surface area contributed by atoms with Crippen LogP contribution in [0.5, 0.6) is 0 Å². The van der Waals surface area contributed by atoms with Crippen LogP contribution in [-0.4, -0.2) is 16.7 Å². The highest BCUT2D eigenvalue weighted by Gasteiger charge is 2.09. The number of pyridine rings is 1. The van der Waals surface area contributed by atoms with Crippen LogP contribution in [0, 0.1) is 0 Å². The molecule has 0 fully saturated rings. The molecule has 0 unspecified atom stereocenters. The zero-order chi connectivity index (χ0) is 17.1. The van der Waals surface area contributed by atoms with Gasteiger partial charge in [-0.15, -0.1) is 11.8 Å². The molecule has 0 saturated heterocycles. The number of hydrogen-bond acceptors (Lipinski definition) is 3. The van der Waals surface area contributed by atoms with Crippen LogP contribution in [0.3, 0.4) is 0 Å². The van der Waals surface area contributed by atoms with E-state index in [-0.39, 0.29) is 17.9 Å². The molecule has 1 amide bonds. The Kier molecular flexibility index (Phi) is 5.06. The van der Waals surface area contributed by atoms with Crippen LogP contribution in [0.25, 0.3) is 10.9 Å². The van der Waals surface area contributed by atoms with Crippen molar-refractivity contribution >= 4 is 50.2 Å². The van der Waals surface area contributed by atoms with Gasteiger partial charge in [-0.1, -0.05) is 28.1 Å². The van der Waals surface area contributed by atoms with E-state index >= 15 is 0 Å². The van der Waals surface area contributed by atoms with Crippen LogP contribution >= 0.6 is 27.7 Å². The minimum Gasteiger partial charge on any atom is -0.338 e. The number of rotatable bonds is 4. The van der Waals surface area contributed by atoms with Crippen LogP contribution in [0.4, 0.5) is 5.69 Å². The van der Waals surface area contributed by atoms with Gasteiger partial charge in [0.05, 0.1) is 11.2 Å². The molecule has 0 aliphatic carbocycles. The fraction of sp³-hybridized carbons (Fsp3) is 0.111. The van der Waals surface area contributed by atoms with E-state index in [0.717, 1.165) is 20.6 Å². The van der Waals surface area contributed by atoms with Gasteiger partial charge in [0.15, 0.2) is 5.43 Å². The van der Waals surface area contributed by atoms with E-state index in [9.17, 15) is 9.59 Å². The van der Waals surface area contributed by atoms with Crippen molar-refractivity contribution in [2.75, 3.05) is 11.6 Å². The molecule has 3 rings (SSSR count). The molecule has 0 spiro atoms. The van der Waals surface area contributed by atoms with Crippen molar-refractivity contribution in [2.45, 2.75) is 11.4 Å². The Hall–Kier alpha value is -2.05. The number of benzene rings is 2. The molecule has 6 heteroatoms. The molecule has 24 heavy (non-hydrogen) atoms. The van der Waals surface area contributed by atoms with Crippen molar-refractivity contribution in [1.82, 2.24) is 4.57 Å². The highest BCUT2D eigenvalue weighted by molar-refractivity contribution is 9.10. The quantitative estimate of drug-likeness (QED) is 0.667. The molecule has 4 nitrogen and oxygen atoms in total. The summed E-state index contributed by atoms with van der Waals surface area (Å²) in [6.07, 6.45) is 3.62. The first-order valence-corrected chi connectivity index (χ1v) is 9.32. The minimum absolute atomic E-state index is 0.0595. The van der Waals surface area contributed by atoms with Crippen molar-refractivity contribution in [3.05, 3.63) is 69.4 Å². The van der Waals surface area contributed by atoms with Gasteiger partial charge in [0.1, 0.15) is 6.54 Å². The van der Waals surface area contributed by atoms with Crippen LogP contribution < -0.4 is 10.7 Å². The maximum Gasteiger partial charge on any atom is 0.244 e. The number of aromatic nitrogens is 1. The first kappa shape index (κ1) is 16.8. The minimum atomic E-state index is -0.135. The molecule has 3 aromatic rings. The Balaban J connectivity index is 1.89. The average Bonchev–Trinajstić information content (AvgIpc) is 2.58. The first-order chi connectivity index (χ1) is 11.6. The summed E-state index contributed by atoms with van der Waals surface area (Å²) in [5.74, 6) is -0.135. The smallest absolute Gasteiger partial charge is 0.244 e. The highest BCUT2D eigenvalue weighted by Crippen LogP contribution is 2.24. The maximum absolute atomic E-state index is 12.4. The van der Waals surface area contributed by atoms with Crippen molar-refractivity contribution in [1.29, 1.82) is 0 Å². The predicted octanol–water partition coefficient (Wildman–Crippen LogP) is 4.12. The zero-order valence-corrected chi connectivity index (χ0v) is 15.4. The Morgan fingerprint density at radius 1 is 1.21 bits per heavy atom. The molecule has 0 radical (unpaired) electrons. The lowest BCUT2D eigenvalue weighted by atomic mass is 10.2. The third-order valence-electron chi connectivity index (χ3n) is 3.63. The van der Waals surface area contributed by atoms with Gasteiger partial charge in [0.25, 0.3) is 0 Å². The van der Waals surface area contributed by atoms with Crippen LogP contribution in [0.2, 0.25) is 0 Å². The number of fused-ring (bicyclic) bond motifs is 1. The summed E-state index contributed by atoms with van der Waals surface area (Å²) in [5, 5.41) is 3.52. The summed E-state index contributed by atoms with van der Waals surface area (Å²) >= 11 is 4.95. The van der Waals surface area contributed by atoms with Gasteiger partial charge in [0.2, 0.25) is 5.91 Å². The van der Waals surface area contributed by atoms with E-state index in [1.807, 2.05) is 42.7 Å². The number of nitrogens with one attached hydrogen (secondary N) is 1. The maximum atomic E-state index is 12.4. The van der Waals surface area contributed by atoms with Crippen molar-refractivity contribution in [2.24, 2.45) is 0 Å². The largest absolute Gasteiger partial charge is 0.338 e. The molecule has 122 valence electrons. The predicted molar refractivity (Wildman–Crippen MR) is 103 cm³/mol. The third-order valence-corrected chi connectivity index (χ3v) is 4.92. The van der Waals surface area contributed by atoms with E-state index in [0.29, 0.717) is 5.39 Å². The molecule has 1 N–H and O–H groups in total. The molecule has 1 heterocycles. The number of nitrogens with zero attached hydrogens (tertiary/aromatic N) is 1. The molecule has 0 atom stereocenters. The number of anilines is 1. The SMILES string of the molecule is CSc1ccccc1NC(=O)Cn1ccc(=O)c2cc(Br)ccc21. The van der Waals surface area contributed by atoms with E-state index in [1.165, 1.54) is 6.07 Å². The standard InChI is InChI=1S/C18H15BrN2O2S/c1-24-17-5-3-2-4-14(17)20-18(23)11-21-9-8-16(22)13-10-12(19)6-7-15(13)21/h2-10H,11H2,1H3,(H,20,23). The molecular formula is C18H15BrN2O2S. The summed E-state index contributed by atoms with van der Waals surface area (Å²) in [5.41, 5.74) is 1.47. The lowest BCUT2D eigenvalue weighted by molar-refractivity contribution is -0.116. The fourth-order valence-electron chi connectivity index (χ4n) is 2.51. The van der Waals surface area contributed by atoms with Gasteiger partial charge < -0.3 is 9.88 Å².